The molecule has 0 spiro atoms. The smallest absolute Gasteiger partial charge is 0.272 e. The van der Waals surface area contributed by atoms with Gasteiger partial charge in [0.25, 0.3) is 5.69 Å². The topological polar surface area (TPSA) is 84.5 Å². The van der Waals surface area contributed by atoms with E-state index >= 15 is 0 Å². The largest absolute Gasteiger partial charge is 0.360 e. The van der Waals surface area contributed by atoms with Gasteiger partial charge in [-0.2, -0.15) is 5.10 Å². The van der Waals surface area contributed by atoms with Gasteiger partial charge in [-0.15, -0.1) is 0 Å². The number of anilines is 2. The van der Waals surface area contributed by atoms with Gasteiger partial charge in [-0.3, -0.25) is 19.6 Å². The van der Waals surface area contributed by atoms with Gasteiger partial charge in [0, 0.05) is 43.7 Å². The minimum Gasteiger partial charge on any atom is -0.360 e. The van der Waals surface area contributed by atoms with Gasteiger partial charge in [0.2, 0.25) is 5.91 Å². The summed E-state index contributed by atoms with van der Waals surface area (Å²) in [6.07, 6.45) is 3.48. The molecule has 1 aromatic heterocycles. The number of piperazine rings is 1. The lowest BCUT2D eigenvalue weighted by atomic mass is 10.1. The van der Waals surface area contributed by atoms with Gasteiger partial charge < -0.3 is 9.80 Å². The molecule has 1 aromatic carbocycles. The fourth-order valence-corrected chi connectivity index (χ4v) is 2.76. The number of rotatable bonds is 3. The molecule has 1 aliphatic rings. The van der Waals surface area contributed by atoms with Gasteiger partial charge >= 0.3 is 0 Å². The lowest BCUT2D eigenvalue weighted by Gasteiger charge is -2.35. The summed E-state index contributed by atoms with van der Waals surface area (Å²) in [6, 6.07) is 4.94. The standard InChI is InChI=1S/C15H17N5O3/c1-11-7-12(3-4-14(11)20(22)23)18-5-6-19(15(21)10-18)13-8-16-17(2)9-13/h3-4,7-9H,5-6,10H2,1-2H3. The first kappa shape index (κ1) is 15.0. The second-order valence-electron chi connectivity index (χ2n) is 5.57. The molecule has 0 radical (unpaired) electrons. The van der Waals surface area contributed by atoms with E-state index in [9.17, 15) is 14.9 Å². The highest BCUT2D eigenvalue weighted by atomic mass is 16.6. The molecule has 3 rings (SSSR count). The minimum absolute atomic E-state index is 0.0137. The van der Waals surface area contributed by atoms with Crippen molar-refractivity contribution in [3.8, 4) is 0 Å². The first-order valence-electron chi connectivity index (χ1n) is 7.24. The van der Waals surface area contributed by atoms with Crippen LogP contribution in [0.5, 0.6) is 0 Å². The van der Waals surface area contributed by atoms with Gasteiger partial charge in [0.15, 0.2) is 0 Å². The van der Waals surface area contributed by atoms with Crippen LogP contribution in [0.1, 0.15) is 5.56 Å². The number of carbonyl (C=O) groups excluding carboxylic acids is 1. The van der Waals surface area contributed by atoms with Crippen molar-refractivity contribution in [1.82, 2.24) is 9.78 Å². The summed E-state index contributed by atoms with van der Waals surface area (Å²) in [5.74, 6) is -0.0137. The number of hydrogen-bond acceptors (Lipinski definition) is 5. The summed E-state index contributed by atoms with van der Waals surface area (Å²) in [5, 5.41) is 15.0. The van der Waals surface area contributed by atoms with Crippen LogP contribution in [0.2, 0.25) is 0 Å². The van der Waals surface area contributed by atoms with Gasteiger partial charge in [0.05, 0.1) is 23.4 Å². The summed E-state index contributed by atoms with van der Waals surface area (Å²) >= 11 is 0. The molecule has 1 amide bonds. The average Bonchev–Trinajstić information content (AvgIpc) is 2.93. The fraction of sp³-hybridized carbons (Fsp3) is 0.333. The number of hydrogen-bond donors (Lipinski definition) is 0. The van der Waals surface area contributed by atoms with Crippen LogP contribution in [0.4, 0.5) is 17.1 Å². The Balaban J connectivity index is 1.76. The van der Waals surface area contributed by atoms with Crippen molar-refractivity contribution in [1.29, 1.82) is 0 Å². The Morgan fingerprint density at radius 3 is 2.61 bits per heavy atom. The summed E-state index contributed by atoms with van der Waals surface area (Å²) < 4.78 is 1.66. The second-order valence-corrected chi connectivity index (χ2v) is 5.57. The molecule has 0 unspecified atom stereocenters. The van der Waals surface area contributed by atoms with Crippen LogP contribution in [0, 0.1) is 17.0 Å². The number of benzene rings is 1. The molecule has 1 fully saturated rings. The van der Waals surface area contributed by atoms with Crippen molar-refractivity contribution < 1.29 is 9.72 Å². The molecule has 8 nitrogen and oxygen atoms in total. The number of amides is 1. The predicted octanol–water partition coefficient (Wildman–Crippen LogP) is 1.49. The number of aryl methyl sites for hydroxylation is 2. The molecule has 1 saturated heterocycles. The SMILES string of the molecule is Cc1cc(N2CCN(c3cnn(C)c3)C(=O)C2)ccc1[N+](=O)[O-]. The lowest BCUT2D eigenvalue weighted by Crippen LogP contribution is -2.50. The van der Waals surface area contributed by atoms with Crippen LogP contribution >= 0.6 is 0 Å². The number of nitrogens with zero attached hydrogens (tertiary/aromatic N) is 5. The Kier molecular flexibility index (Phi) is 3.73. The van der Waals surface area contributed by atoms with Crippen molar-refractivity contribution >= 4 is 23.0 Å². The van der Waals surface area contributed by atoms with Gasteiger partial charge in [-0.05, 0) is 19.1 Å². The zero-order valence-corrected chi connectivity index (χ0v) is 13.0. The normalized spacial score (nSPS) is 15.1. The number of nitro groups is 1. The maximum atomic E-state index is 12.4. The first-order valence-corrected chi connectivity index (χ1v) is 7.24. The summed E-state index contributed by atoms with van der Waals surface area (Å²) in [5.41, 5.74) is 2.30. The number of nitro benzene ring substituents is 1. The van der Waals surface area contributed by atoms with Crippen molar-refractivity contribution in [2.24, 2.45) is 7.05 Å². The molecule has 1 aliphatic heterocycles. The molecule has 0 N–H and O–H groups in total. The molecular formula is C15H17N5O3. The van der Waals surface area contributed by atoms with Crippen LogP contribution in [-0.4, -0.2) is 40.2 Å². The number of aromatic nitrogens is 2. The van der Waals surface area contributed by atoms with Gasteiger partial charge in [0.1, 0.15) is 0 Å². The zero-order chi connectivity index (χ0) is 16.6. The van der Waals surface area contributed by atoms with E-state index < -0.39 is 4.92 Å². The van der Waals surface area contributed by atoms with E-state index in [1.54, 1.807) is 34.8 Å². The van der Waals surface area contributed by atoms with E-state index in [1.165, 1.54) is 6.07 Å². The Morgan fingerprint density at radius 2 is 2.04 bits per heavy atom. The van der Waals surface area contributed by atoms with Crippen molar-refractivity contribution in [3.63, 3.8) is 0 Å². The predicted molar refractivity (Wildman–Crippen MR) is 85.6 cm³/mol. The van der Waals surface area contributed by atoms with Crippen LogP contribution in [-0.2, 0) is 11.8 Å². The Hall–Kier alpha value is -2.90. The van der Waals surface area contributed by atoms with Crippen LogP contribution in [0.25, 0.3) is 0 Å². The van der Waals surface area contributed by atoms with E-state index in [4.69, 9.17) is 0 Å². The third-order valence-electron chi connectivity index (χ3n) is 3.97. The van der Waals surface area contributed by atoms with Gasteiger partial charge in [-0.25, -0.2) is 0 Å². The lowest BCUT2D eigenvalue weighted by molar-refractivity contribution is -0.385. The van der Waals surface area contributed by atoms with E-state index in [0.29, 0.717) is 18.7 Å². The molecule has 0 aliphatic carbocycles. The van der Waals surface area contributed by atoms with Crippen LogP contribution in [0.3, 0.4) is 0 Å². The third kappa shape index (κ3) is 2.87. The zero-order valence-electron chi connectivity index (χ0n) is 13.0. The van der Waals surface area contributed by atoms with Crippen molar-refractivity contribution in [2.75, 3.05) is 29.4 Å². The summed E-state index contributed by atoms with van der Waals surface area (Å²) in [4.78, 5) is 26.5. The molecular weight excluding hydrogens is 298 g/mol. The molecule has 0 saturated carbocycles. The van der Waals surface area contributed by atoms with Crippen molar-refractivity contribution in [2.45, 2.75) is 6.92 Å². The molecule has 0 bridgehead atoms. The van der Waals surface area contributed by atoms with E-state index in [0.717, 1.165) is 11.4 Å². The Bertz CT molecular complexity index is 770. The average molecular weight is 315 g/mol. The molecule has 0 atom stereocenters. The highest BCUT2D eigenvalue weighted by Crippen LogP contribution is 2.26. The fourth-order valence-electron chi connectivity index (χ4n) is 2.76. The Morgan fingerprint density at radius 1 is 1.26 bits per heavy atom. The van der Waals surface area contributed by atoms with E-state index in [1.807, 2.05) is 18.1 Å². The van der Waals surface area contributed by atoms with Crippen LogP contribution < -0.4 is 9.80 Å². The Labute approximate surface area is 133 Å². The quantitative estimate of drug-likeness (QED) is 0.633. The highest BCUT2D eigenvalue weighted by molar-refractivity contribution is 5.97. The molecule has 2 heterocycles. The molecule has 2 aromatic rings. The second kappa shape index (κ2) is 5.71. The monoisotopic (exact) mass is 315 g/mol. The highest BCUT2D eigenvalue weighted by Gasteiger charge is 2.26. The number of carbonyl (C=O) groups is 1. The molecule has 23 heavy (non-hydrogen) atoms. The maximum absolute atomic E-state index is 12.4. The maximum Gasteiger partial charge on any atom is 0.272 e. The van der Waals surface area contributed by atoms with Crippen LogP contribution in [0.15, 0.2) is 30.6 Å². The van der Waals surface area contributed by atoms with E-state index in [-0.39, 0.29) is 18.1 Å². The molecule has 8 heteroatoms. The minimum atomic E-state index is -0.398. The first-order chi connectivity index (χ1) is 11.0. The molecule has 120 valence electrons. The van der Waals surface area contributed by atoms with Crippen molar-refractivity contribution in [3.05, 3.63) is 46.3 Å². The summed E-state index contributed by atoms with van der Waals surface area (Å²) in [6.45, 7) is 3.17. The third-order valence-corrected chi connectivity index (χ3v) is 3.97. The summed E-state index contributed by atoms with van der Waals surface area (Å²) in [7, 11) is 1.81. The van der Waals surface area contributed by atoms with E-state index in [2.05, 4.69) is 5.10 Å². The van der Waals surface area contributed by atoms with Gasteiger partial charge in [-0.1, -0.05) is 0 Å².